The van der Waals surface area contributed by atoms with Crippen molar-refractivity contribution in [3.8, 4) is 0 Å². The van der Waals surface area contributed by atoms with Crippen LogP contribution in [0.15, 0.2) is 12.4 Å². The monoisotopic (exact) mass is 245 g/mol. The summed E-state index contributed by atoms with van der Waals surface area (Å²) < 4.78 is 0. The third-order valence-electron chi connectivity index (χ3n) is 5.55. The highest BCUT2D eigenvalue weighted by molar-refractivity contribution is 5.04. The number of hydrogen-bond donors (Lipinski definition) is 2. The molecule has 18 heavy (non-hydrogen) atoms. The first-order valence-electron chi connectivity index (χ1n) is 7.50. The van der Waals surface area contributed by atoms with E-state index in [0.29, 0.717) is 5.41 Å². The second-order valence-electron chi connectivity index (χ2n) is 7.13. The fourth-order valence-corrected chi connectivity index (χ4v) is 5.35. The number of nitrogens with one attached hydrogen (secondary N) is 2. The van der Waals surface area contributed by atoms with Gasteiger partial charge in [-0.25, -0.2) is 0 Å². The van der Waals surface area contributed by atoms with Crippen LogP contribution in [0, 0.1) is 23.2 Å². The van der Waals surface area contributed by atoms with Crippen molar-refractivity contribution in [1.29, 1.82) is 0 Å². The fraction of sp³-hybridized carbons (Fsp3) is 0.800. The summed E-state index contributed by atoms with van der Waals surface area (Å²) in [6.07, 6.45) is 13.0. The standard InChI is InChI=1S/C15H23N3/c1-11-2-13-3-12(1)5-15(4-11,6-13)10-16-7-14-8-17-18-9-14/h8-9,11-13,16H,1-7,10H2,(H,17,18). The second-order valence-corrected chi connectivity index (χ2v) is 7.13. The van der Waals surface area contributed by atoms with Gasteiger partial charge in [-0.15, -0.1) is 0 Å². The van der Waals surface area contributed by atoms with Gasteiger partial charge in [-0.05, 0) is 61.7 Å². The van der Waals surface area contributed by atoms with Crippen LogP contribution in [-0.4, -0.2) is 16.7 Å². The smallest absolute Gasteiger partial charge is 0.0532 e. The minimum absolute atomic E-state index is 0.651. The predicted octanol–water partition coefficient (Wildman–Crippen LogP) is 2.72. The average molecular weight is 245 g/mol. The molecule has 3 heteroatoms. The molecule has 0 unspecified atom stereocenters. The molecule has 5 rings (SSSR count). The molecular weight excluding hydrogens is 222 g/mol. The van der Waals surface area contributed by atoms with E-state index in [0.717, 1.165) is 24.3 Å². The molecule has 1 aromatic heterocycles. The first-order chi connectivity index (χ1) is 8.81. The molecular formula is C15H23N3. The number of nitrogens with zero attached hydrogens (tertiary/aromatic N) is 1. The number of aromatic nitrogens is 2. The van der Waals surface area contributed by atoms with Gasteiger partial charge in [0.15, 0.2) is 0 Å². The van der Waals surface area contributed by atoms with Gasteiger partial charge in [0, 0.05) is 24.8 Å². The summed E-state index contributed by atoms with van der Waals surface area (Å²) in [7, 11) is 0. The molecule has 2 N–H and O–H groups in total. The molecule has 98 valence electrons. The molecule has 0 spiro atoms. The Hall–Kier alpha value is -0.830. The zero-order valence-corrected chi connectivity index (χ0v) is 11.0. The lowest BCUT2D eigenvalue weighted by Crippen LogP contribution is -2.50. The number of rotatable bonds is 4. The molecule has 3 nitrogen and oxygen atoms in total. The molecule has 4 bridgehead atoms. The van der Waals surface area contributed by atoms with Crippen LogP contribution < -0.4 is 5.32 Å². The summed E-state index contributed by atoms with van der Waals surface area (Å²) in [5, 5.41) is 10.6. The van der Waals surface area contributed by atoms with Crippen molar-refractivity contribution in [3.63, 3.8) is 0 Å². The van der Waals surface area contributed by atoms with Crippen LogP contribution in [0.25, 0.3) is 0 Å². The summed E-state index contributed by atoms with van der Waals surface area (Å²) >= 11 is 0. The van der Waals surface area contributed by atoms with E-state index in [1.165, 1.54) is 31.4 Å². The summed E-state index contributed by atoms with van der Waals surface area (Å²) in [4.78, 5) is 0. The Morgan fingerprint density at radius 2 is 1.83 bits per heavy atom. The number of H-pyrrole nitrogens is 1. The molecule has 0 atom stereocenters. The van der Waals surface area contributed by atoms with Crippen LogP contribution in [0.5, 0.6) is 0 Å². The van der Waals surface area contributed by atoms with Crippen LogP contribution in [0.4, 0.5) is 0 Å². The summed E-state index contributed by atoms with van der Waals surface area (Å²) in [6.45, 7) is 2.19. The topological polar surface area (TPSA) is 40.7 Å². The maximum absolute atomic E-state index is 4.00. The van der Waals surface area contributed by atoms with Crippen LogP contribution >= 0.6 is 0 Å². The molecule has 1 aromatic rings. The molecule has 0 radical (unpaired) electrons. The lowest BCUT2D eigenvalue weighted by atomic mass is 9.49. The Bertz CT molecular complexity index is 374. The zero-order valence-electron chi connectivity index (χ0n) is 11.0. The van der Waals surface area contributed by atoms with Crippen molar-refractivity contribution < 1.29 is 0 Å². The highest BCUT2D eigenvalue weighted by atomic mass is 15.1. The van der Waals surface area contributed by atoms with E-state index < -0.39 is 0 Å². The second kappa shape index (κ2) is 4.09. The van der Waals surface area contributed by atoms with E-state index in [1.54, 1.807) is 19.3 Å². The third-order valence-corrected chi connectivity index (χ3v) is 5.55. The van der Waals surface area contributed by atoms with Crippen molar-refractivity contribution in [2.45, 2.75) is 45.1 Å². The normalized spacial score (nSPS) is 41.4. The number of aromatic amines is 1. The average Bonchev–Trinajstić information content (AvgIpc) is 2.79. The van der Waals surface area contributed by atoms with Crippen molar-refractivity contribution >= 4 is 0 Å². The van der Waals surface area contributed by atoms with Gasteiger partial charge >= 0.3 is 0 Å². The van der Waals surface area contributed by atoms with Crippen molar-refractivity contribution in [2.75, 3.05) is 6.54 Å². The zero-order chi connectivity index (χ0) is 12.0. The summed E-state index contributed by atoms with van der Waals surface area (Å²) in [5.74, 6) is 3.19. The lowest BCUT2D eigenvalue weighted by molar-refractivity contribution is -0.0514. The molecule has 0 amide bonds. The van der Waals surface area contributed by atoms with Gasteiger partial charge in [-0.2, -0.15) is 5.10 Å². The van der Waals surface area contributed by atoms with Gasteiger partial charge in [-0.1, -0.05) is 0 Å². The maximum Gasteiger partial charge on any atom is 0.0532 e. The van der Waals surface area contributed by atoms with Gasteiger partial charge in [0.2, 0.25) is 0 Å². The Morgan fingerprint density at radius 1 is 1.17 bits per heavy atom. The van der Waals surface area contributed by atoms with E-state index >= 15 is 0 Å². The Balaban J connectivity index is 1.39. The van der Waals surface area contributed by atoms with Gasteiger partial charge in [0.25, 0.3) is 0 Å². The van der Waals surface area contributed by atoms with Crippen LogP contribution in [-0.2, 0) is 6.54 Å². The third kappa shape index (κ3) is 1.89. The van der Waals surface area contributed by atoms with Gasteiger partial charge in [0.1, 0.15) is 0 Å². The Morgan fingerprint density at radius 3 is 2.39 bits per heavy atom. The van der Waals surface area contributed by atoms with Crippen LogP contribution in [0.1, 0.15) is 44.1 Å². The molecule has 0 aromatic carbocycles. The quantitative estimate of drug-likeness (QED) is 0.856. The van der Waals surface area contributed by atoms with Gasteiger partial charge < -0.3 is 5.32 Å². The van der Waals surface area contributed by atoms with Crippen molar-refractivity contribution in [3.05, 3.63) is 18.0 Å². The Labute approximate surface area is 109 Å². The molecule has 0 saturated heterocycles. The van der Waals surface area contributed by atoms with Gasteiger partial charge in [0.05, 0.1) is 6.20 Å². The van der Waals surface area contributed by atoms with Crippen LogP contribution in [0.2, 0.25) is 0 Å². The van der Waals surface area contributed by atoms with Crippen molar-refractivity contribution in [1.82, 2.24) is 15.5 Å². The van der Waals surface area contributed by atoms with Crippen LogP contribution in [0.3, 0.4) is 0 Å². The lowest BCUT2D eigenvalue weighted by Gasteiger charge is -2.57. The summed E-state index contributed by atoms with van der Waals surface area (Å²) in [6, 6.07) is 0. The fourth-order valence-electron chi connectivity index (χ4n) is 5.35. The molecule has 4 fully saturated rings. The minimum atomic E-state index is 0.651. The maximum atomic E-state index is 4.00. The molecule has 4 aliphatic rings. The van der Waals surface area contributed by atoms with E-state index in [1.807, 2.05) is 12.4 Å². The van der Waals surface area contributed by atoms with Gasteiger partial charge in [-0.3, -0.25) is 5.10 Å². The molecule has 1 heterocycles. The summed E-state index contributed by atoms with van der Waals surface area (Å²) in [5.41, 5.74) is 1.93. The first-order valence-corrected chi connectivity index (χ1v) is 7.50. The highest BCUT2D eigenvalue weighted by Gasteiger charge is 2.50. The predicted molar refractivity (Wildman–Crippen MR) is 70.9 cm³/mol. The Kier molecular flexibility index (Phi) is 2.51. The van der Waals surface area contributed by atoms with E-state index in [4.69, 9.17) is 0 Å². The van der Waals surface area contributed by atoms with E-state index in [9.17, 15) is 0 Å². The first kappa shape index (κ1) is 11.0. The van der Waals surface area contributed by atoms with E-state index in [-0.39, 0.29) is 0 Å². The largest absolute Gasteiger partial charge is 0.312 e. The molecule has 4 saturated carbocycles. The number of hydrogen-bond acceptors (Lipinski definition) is 2. The minimum Gasteiger partial charge on any atom is -0.312 e. The van der Waals surface area contributed by atoms with E-state index in [2.05, 4.69) is 15.5 Å². The SMILES string of the molecule is c1n[nH]cc1CNCC12CC3CC(CC(C3)C1)C2. The highest BCUT2D eigenvalue weighted by Crippen LogP contribution is 2.59. The molecule has 0 aliphatic heterocycles. The van der Waals surface area contributed by atoms with Crippen molar-refractivity contribution in [2.24, 2.45) is 23.2 Å². The molecule has 4 aliphatic carbocycles.